The first-order valence-electron chi connectivity index (χ1n) is 20.2. The van der Waals surface area contributed by atoms with Crippen LogP contribution in [0.5, 0.6) is 17.2 Å². The molecule has 0 aliphatic carbocycles. The maximum Gasteiger partial charge on any atom is 0.406 e. The van der Waals surface area contributed by atoms with Gasteiger partial charge in [-0.1, -0.05) is 76.8 Å². The number of thioether (sulfide) groups is 3. The van der Waals surface area contributed by atoms with Gasteiger partial charge in [0.2, 0.25) is 0 Å². The molecular formula is C43H52N6O6S3. The van der Waals surface area contributed by atoms with Gasteiger partial charge in [-0.2, -0.15) is 0 Å². The lowest BCUT2D eigenvalue weighted by atomic mass is 10.2. The van der Waals surface area contributed by atoms with Gasteiger partial charge < -0.3 is 14.2 Å². The van der Waals surface area contributed by atoms with E-state index in [1.165, 1.54) is 0 Å². The quantitative estimate of drug-likeness (QED) is 0.0389. The summed E-state index contributed by atoms with van der Waals surface area (Å²) in [7, 11) is 0. The molecule has 6 aromatic rings. The van der Waals surface area contributed by atoms with E-state index in [0.717, 1.165) is 55.8 Å². The van der Waals surface area contributed by atoms with Crippen LogP contribution in [0.2, 0.25) is 0 Å². The summed E-state index contributed by atoms with van der Waals surface area (Å²) in [5.41, 5.74) is 1.22. The third kappa shape index (κ3) is 9.86. The maximum atomic E-state index is 13.9. The highest BCUT2D eigenvalue weighted by Gasteiger charge is 2.21. The normalized spacial score (nSPS) is 11.6. The van der Waals surface area contributed by atoms with Crippen molar-refractivity contribution in [3.63, 3.8) is 0 Å². The van der Waals surface area contributed by atoms with Gasteiger partial charge in [-0.15, -0.1) is 0 Å². The molecule has 0 bridgehead atoms. The topological polar surface area (TPSA) is 132 Å². The van der Waals surface area contributed by atoms with Crippen molar-refractivity contribution in [1.82, 2.24) is 28.7 Å². The SMILES string of the molecule is CCCSc1nc2ccc(OC(Oc3ccc4nc(SCCC)n(CCC)c(=O)c4c3)Oc3ccc4nc(SCCC)n(CCC)c(=O)c4c3)cc2c(=O)n1CCC. The van der Waals surface area contributed by atoms with E-state index in [0.29, 0.717) is 85.1 Å². The van der Waals surface area contributed by atoms with Crippen molar-refractivity contribution in [1.29, 1.82) is 0 Å². The van der Waals surface area contributed by atoms with Crippen molar-refractivity contribution in [3.8, 4) is 17.2 Å². The predicted octanol–water partition coefficient (Wildman–Crippen LogP) is 9.37. The van der Waals surface area contributed by atoms with Crippen LogP contribution in [0.15, 0.2) is 84.5 Å². The third-order valence-corrected chi connectivity index (χ3v) is 12.6. The highest BCUT2D eigenvalue weighted by Crippen LogP contribution is 2.28. The Morgan fingerprint density at radius 2 is 0.759 bits per heavy atom. The zero-order chi connectivity index (χ0) is 41.2. The van der Waals surface area contributed by atoms with E-state index in [1.807, 2.05) is 20.8 Å². The smallest absolute Gasteiger partial charge is 0.406 e. The second-order valence-electron chi connectivity index (χ2n) is 13.8. The molecule has 6 rings (SSSR count). The van der Waals surface area contributed by atoms with Crippen LogP contribution in [0, 0.1) is 0 Å². The molecule has 0 saturated heterocycles. The summed E-state index contributed by atoms with van der Waals surface area (Å²) < 4.78 is 24.3. The van der Waals surface area contributed by atoms with Crippen LogP contribution >= 0.6 is 35.3 Å². The van der Waals surface area contributed by atoms with Gasteiger partial charge in [0.15, 0.2) is 15.5 Å². The van der Waals surface area contributed by atoms with Crippen LogP contribution < -0.4 is 30.9 Å². The number of benzene rings is 3. The molecule has 308 valence electrons. The zero-order valence-corrected chi connectivity index (χ0v) is 36.6. The molecule has 0 saturated carbocycles. The van der Waals surface area contributed by atoms with Crippen molar-refractivity contribution in [3.05, 3.63) is 85.7 Å². The minimum atomic E-state index is -1.41. The molecule has 0 atom stereocenters. The Bertz CT molecular complexity index is 2280. The average Bonchev–Trinajstić information content (AvgIpc) is 3.22. The van der Waals surface area contributed by atoms with Crippen molar-refractivity contribution < 1.29 is 14.2 Å². The van der Waals surface area contributed by atoms with Gasteiger partial charge in [0.1, 0.15) is 17.2 Å². The van der Waals surface area contributed by atoms with Crippen LogP contribution in [-0.4, -0.2) is 52.4 Å². The molecule has 12 nitrogen and oxygen atoms in total. The second-order valence-corrected chi connectivity index (χ2v) is 17.0. The van der Waals surface area contributed by atoms with Crippen LogP contribution in [0.4, 0.5) is 0 Å². The number of aromatic nitrogens is 6. The summed E-state index contributed by atoms with van der Waals surface area (Å²) in [6, 6.07) is 15.4. The van der Waals surface area contributed by atoms with Gasteiger partial charge in [-0.05, 0) is 93.1 Å². The Labute approximate surface area is 351 Å². The number of hydrogen-bond donors (Lipinski definition) is 0. The van der Waals surface area contributed by atoms with Crippen molar-refractivity contribution >= 4 is 68.0 Å². The third-order valence-electron chi connectivity index (χ3n) is 9.02. The van der Waals surface area contributed by atoms with Crippen molar-refractivity contribution in [2.75, 3.05) is 17.3 Å². The van der Waals surface area contributed by atoms with Crippen LogP contribution in [-0.2, 0) is 19.6 Å². The van der Waals surface area contributed by atoms with Crippen LogP contribution in [0.25, 0.3) is 32.7 Å². The highest BCUT2D eigenvalue weighted by atomic mass is 32.2. The molecule has 3 aromatic heterocycles. The Morgan fingerprint density at radius 3 is 1.02 bits per heavy atom. The molecule has 0 radical (unpaired) electrons. The summed E-state index contributed by atoms with van der Waals surface area (Å²) in [6.07, 6.45) is 5.22. The number of rotatable bonds is 21. The fourth-order valence-electron chi connectivity index (χ4n) is 6.34. The predicted molar refractivity (Wildman–Crippen MR) is 238 cm³/mol. The molecule has 0 aliphatic rings. The zero-order valence-electron chi connectivity index (χ0n) is 34.1. The van der Waals surface area contributed by atoms with E-state index < -0.39 is 6.48 Å². The average molecular weight is 845 g/mol. The van der Waals surface area contributed by atoms with Gasteiger partial charge in [0, 0.05) is 36.9 Å². The Kier molecular flexibility index (Phi) is 15.2. The molecule has 0 spiro atoms. The number of hydrogen-bond acceptors (Lipinski definition) is 12. The molecule has 0 unspecified atom stereocenters. The van der Waals surface area contributed by atoms with Crippen LogP contribution in [0.3, 0.4) is 0 Å². The van der Waals surface area contributed by atoms with E-state index in [2.05, 4.69) is 20.8 Å². The first kappa shape index (κ1) is 43.1. The minimum Gasteiger partial charge on any atom is -0.423 e. The van der Waals surface area contributed by atoms with Gasteiger partial charge >= 0.3 is 6.48 Å². The Morgan fingerprint density at radius 1 is 0.466 bits per heavy atom. The van der Waals surface area contributed by atoms with Gasteiger partial charge in [-0.3, -0.25) is 28.1 Å². The lowest BCUT2D eigenvalue weighted by molar-refractivity contribution is -0.140. The summed E-state index contributed by atoms with van der Waals surface area (Å²) in [5, 5.41) is 3.29. The maximum absolute atomic E-state index is 13.9. The number of fused-ring (bicyclic) bond motifs is 3. The largest absolute Gasteiger partial charge is 0.423 e. The van der Waals surface area contributed by atoms with Crippen molar-refractivity contribution in [2.24, 2.45) is 0 Å². The Balaban J connectivity index is 1.41. The fraction of sp³-hybridized carbons (Fsp3) is 0.442. The van der Waals surface area contributed by atoms with E-state index in [-0.39, 0.29) is 16.7 Å². The van der Waals surface area contributed by atoms with Crippen LogP contribution in [0.1, 0.15) is 80.1 Å². The molecule has 0 amide bonds. The molecule has 0 N–H and O–H groups in total. The summed E-state index contributed by atoms with van der Waals surface area (Å²) in [6.45, 7) is 12.6. The molecule has 0 aliphatic heterocycles. The first-order valence-corrected chi connectivity index (χ1v) is 23.2. The minimum absolute atomic E-state index is 0.155. The summed E-state index contributed by atoms with van der Waals surface area (Å²) in [5.74, 6) is 3.49. The number of ether oxygens (including phenoxy) is 3. The standard InChI is InChI=1S/C43H52N6O6S3/c1-7-19-47-37(50)31-25-28(13-16-34(31)44-40(47)56-22-10-4)53-43(54-29-14-17-35-32(26-29)38(51)48(20-8-2)41(45-35)57-23-11-5)55-30-15-18-36-33(27-30)39(52)49(21-9-3)42(46-36)58-24-12-6/h13-18,25-27,43H,7-12,19-24H2,1-6H3. The van der Waals surface area contributed by atoms with Gasteiger partial charge in [-0.25, -0.2) is 15.0 Å². The van der Waals surface area contributed by atoms with Gasteiger partial charge in [0.05, 0.1) is 32.7 Å². The van der Waals surface area contributed by atoms with E-state index in [1.54, 1.807) is 104 Å². The van der Waals surface area contributed by atoms with E-state index in [9.17, 15) is 14.4 Å². The van der Waals surface area contributed by atoms with E-state index >= 15 is 0 Å². The molecule has 15 heteroatoms. The number of nitrogens with zero attached hydrogens (tertiary/aromatic N) is 6. The lowest BCUT2D eigenvalue weighted by Gasteiger charge is -2.22. The molecular weight excluding hydrogens is 793 g/mol. The lowest BCUT2D eigenvalue weighted by Crippen LogP contribution is -2.31. The fourth-order valence-corrected chi connectivity index (χ4v) is 8.98. The van der Waals surface area contributed by atoms with Gasteiger partial charge in [0.25, 0.3) is 16.7 Å². The highest BCUT2D eigenvalue weighted by molar-refractivity contribution is 7.99. The first-order chi connectivity index (χ1) is 28.2. The monoisotopic (exact) mass is 844 g/mol. The molecule has 58 heavy (non-hydrogen) atoms. The summed E-state index contributed by atoms with van der Waals surface area (Å²) in [4.78, 5) is 56.1. The van der Waals surface area contributed by atoms with Crippen molar-refractivity contribution in [2.45, 2.75) is 122 Å². The second kappa shape index (κ2) is 20.5. The summed E-state index contributed by atoms with van der Waals surface area (Å²) >= 11 is 4.72. The van der Waals surface area contributed by atoms with E-state index in [4.69, 9.17) is 29.2 Å². The Hall–Kier alpha value is -4.47. The molecule has 3 heterocycles. The molecule has 0 fully saturated rings. The molecule has 3 aromatic carbocycles.